The third-order valence-electron chi connectivity index (χ3n) is 7.05. The molecule has 228 valence electrons. The summed E-state index contributed by atoms with van der Waals surface area (Å²) in [6, 6.07) is 26.4. The molecular weight excluding hydrogens is 568 g/mol. The van der Waals surface area contributed by atoms with Crippen LogP contribution in [0.3, 0.4) is 0 Å². The van der Waals surface area contributed by atoms with Crippen LogP contribution in [-0.4, -0.2) is 36.9 Å². The number of benzene rings is 4. The lowest BCUT2D eigenvalue weighted by Gasteiger charge is -2.15. The first-order valence-corrected chi connectivity index (χ1v) is 14.2. The predicted octanol–water partition coefficient (Wildman–Crippen LogP) is 7.69. The average molecular weight is 603 g/mol. The Hall–Kier alpha value is -5.69. The highest BCUT2D eigenvalue weighted by Crippen LogP contribution is 2.31. The first kappa shape index (κ1) is 32.2. The lowest BCUT2D eigenvalue weighted by molar-refractivity contribution is -0.135. The number of methoxy groups -OCH3 is 2. The van der Waals surface area contributed by atoms with E-state index in [2.05, 4.69) is 0 Å². The minimum atomic E-state index is -0.653. The van der Waals surface area contributed by atoms with Crippen LogP contribution in [0.15, 0.2) is 115 Å². The molecule has 4 aromatic rings. The van der Waals surface area contributed by atoms with E-state index in [-0.39, 0.29) is 23.1 Å². The summed E-state index contributed by atoms with van der Waals surface area (Å²) in [5, 5.41) is 10.3. The van der Waals surface area contributed by atoms with Crippen LogP contribution in [-0.2, 0) is 9.59 Å². The van der Waals surface area contributed by atoms with Crippen molar-refractivity contribution in [2.24, 2.45) is 0 Å². The van der Waals surface area contributed by atoms with Crippen LogP contribution in [0.4, 0.5) is 0 Å². The predicted molar refractivity (Wildman–Crippen MR) is 175 cm³/mol. The molecule has 1 atom stereocenters. The fourth-order valence-electron chi connectivity index (χ4n) is 4.45. The molecule has 0 heterocycles. The second kappa shape index (κ2) is 15.2. The second-order valence-electron chi connectivity index (χ2n) is 10.2. The molecule has 0 aliphatic carbocycles. The van der Waals surface area contributed by atoms with Gasteiger partial charge in [0.1, 0.15) is 11.5 Å². The van der Waals surface area contributed by atoms with Gasteiger partial charge in [-0.15, -0.1) is 0 Å². The van der Waals surface area contributed by atoms with Crippen LogP contribution in [0.2, 0.25) is 0 Å². The lowest BCUT2D eigenvalue weighted by atomic mass is 9.96. The number of ether oxygens (including phenoxy) is 3. The van der Waals surface area contributed by atoms with Crippen molar-refractivity contribution in [3.8, 4) is 17.2 Å². The van der Waals surface area contributed by atoms with Gasteiger partial charge in [-0.05, 0) is 72.5 Å². The van der Waals surface area contributed by atoms with E-state index < -0.39 is 11.9 Å². The number of aliphatic hydroxyl groups excluding tert-OH is 1. The van der Waals surface area contributed by atoms with E-state index in [4.69, 9.17) is 14.2 Å². The normalized spacial score (nSPS) is 12.2. The Bertz CT molecular complexity index is 1780. The van der Waals surface area contributed by atoms with E-state index in [1.165, 1.54) is 19.3 Å². The van der Waals surface area contributed by atoms with Crippen LogP contribution in [0.25, 0.3) is 12.2 Å². The van der Waals surface area contributed by atoms with Gasteiger partial charge in [0.15, 0.2) is 23.1 Å². The Kier molecular flexibility index (Phi) is 10.9. The number of carbonyl (C=O) groups excluding carboxylic acids is 3. The van der Waals surface area contributed by atoms with Crippen molar-refractivity contribution < 1.29 is 33.7 Å². The molecule has 4 rings (SSSR count). The number of aryl methyl sites for hydroxylation is 1. The average Bonchev–Trinajstić information content (AvgIpc) is 3.07. The van der Waals surface area contributed by atoms with Gasteiger partial charge in [0, 0.05) is 17.2 Å². The molecule has 1 unspecified atom stereocenters. The van der Waals surface area contributed by atoms with Gasteiger partial charge in [-0.3, -0.25) is 14.4 Å². The van der Waals surface area contributed by atoms with Gasteiger partial charge in [0.2, 0.25) is 0 Å². The second-order valence-corrected chi connectivity index (χ2v) is 10.2. The van der Waals surface area contributed by atoms with Gasteiger partial charge < -0.3 is 19.3 Å². The number of carbonyl (C=O) groups is 3. The molecule has 0 fully saturated rings. The molecule has 4 aromatic carbocycles. The summed E-state index contributed by atoms with van der Waals surface area (Å²) in [7, 11) is 3.04. The Morgan fingerprint density at radius 2 is 1.36 bits per heavy atom. The van der Waals surface area contributed by atoms with Crippen LogP contribution in [0, 0.1) is 6.92 Å². The summed E-state index contributed by atoms with van der Waals surface area (Å²) in [5.74, 6) is -0.677. The Morgan fingerprint density at radius 1 is 0.711 bits per heavy atom. The summed E-state index contributed by atoms with van der Waals surface area (Å²) < 4.78 is 16.4. The minimum Gasteiger partial charge on any atom is -0.508 e. The van der Waals surface area contributed by atoms with Crippen LogP contribution in [0.1, 0.15) is 51.0 Å². The van der Waals surface area contributed by atoms with Crippen molar-refractivity contribution in [2.45, 2.75) is 19.8 Å². The van der Waals surface area contributed by atoms with Gasteiger partial charge in [-0.25, -0.2) is 0 Å². The highest BCUT2D eigenvalue weighted by atomic mass is 16.6. The van der Waals surface area contributed by atoms with Gasteiger partial charge in [0.25, 0.3) is 0 Å². The lowest BCUT2D eigenvalue weighted by Crippen LogP contribution is -2.17. The highest BCUT2D eigenvalue weighted by molar-refractivity contribution is 6.09. The molecular formula is C38H34O7. The maximum Gasteiger partial charge on any atom is 0.318 e. The Balaban J connectivity index is 1.40. The molecule has 0 radical (unpaired) electrons. The number of ketones is 2. The van der Waals surface area contributed by atoms with Crippen molar-refractivity contribution in [1.29, 1.82) is 0 Å². The van der Waals surface area contributed by atoms with Gasteiger partial charge >= 0.3 is 5.97 Å². The number of allylic oxidation sites excluding steroid dienone is 3. The zero-order valence-corrected chi connectivity index (χ0v) is 25.5. The van der Waals surface area contributed by atoms with Crippen molar-refractivity contribution in [2.75, 3.05) is 14.2 Å². The molecule has 0 saturated carbocycles. The quantitative estimate of drug-likeness (QED) is 0.0443. The summed E-state index contributed by atoms with van der Waals surface area (Å²) in [6.07, 6.45) is 7.09. The number of hydrogen-bond acceptors (Lipinski definition) is 7. The molecule has 45 heavy (non-hydrogen) atoms. The summed E-state index contributed by atoms with van der Waals surface area (Å²) in [5.41, 5.74) is 4.11. The van der Waals surface area contributed by atoms with E-state index in [9.17, 15) is 19.5 Å². The van der Waals surface area contributed by atoms with Crippen molar-refractivity contribution in [1.82, 2.24) is 0 Å². The summed E-state index contributed by atoms with van der Waals surface area (Å²) in [6.45, 7) is 3.64. The Labute approximate surface area is 262 Å². The first-order valence-electron chi connectivity index (χ1n) is 14.2. The van der Waals surface area contributed by atoms with Crippen molar-refractivity contribution in [3.63, 3.8) is 0 Å². The zero-order valence-electron chi connectivity index (χ0n) is 25.5. The number of rotatable bonds is 12. The molecule has 0 aromatic heterocycles. The minimum absolute atomic E-state index is 0.131. The van der Waals surface area contributed by atoms with Gasteiger partial charge in [-0.1, -0.05) is 78.9 Å². The summed E-state index contributed by atoms with van der Waals surface area (Å²) >= 11 is 0. The summed E-state index contributed by atoms with van der Waals surface area (Å²) in [4.78, 5) is 38.2. The third-order valence-corrected chi connectivity index (χ3v) is 7.05. The first-order chi connectivity index (χ1) is 21.7. The van der Waals surface area contributed by atoms with Crippen LogP contribution >= 0.6 is 0 Å². The maximum absolute atomic E-state index is 13.1. The monoisotopic (exact) mass is 602 g/mol. The van der Waals surface area contributed by atoms with E-state index in [0.29, 0.717) is 28.0 Å². The SMILES string of the molecule is COc1cc(/C=C/C(=O)C=C(O)/C=C/c2ccc(OC(=O)C(C)c3cccc(C(=O)c4ccccc4)c3)c(OC)c2)ccc1C. The maximum atomic E-state index is 13.1. The van der Waals surface area contributed by atoms with E-state index in [1.54, 1.807) is 92.9 Å². The standard InChI is InChI=1S/C38H34O7/c1-25-13-14-27(21-35(25)43-3)15-18-32(39)24-33(40)19-16-28-17-20-34(36(22-28)44-4)45-38(42)26(2)30-11-8-12-31(23-30)37(41)29-9-6-5-7-10-29/h5-24,26,40H,1-4H3/b18-15+,19-16+,33-24?. The van der Waals surface area contributed by atoms with E-state index in [0.717, 1.165) is 23.0 Å². The molecule has 1 N–H and O–H groups in total. The van der Waals surface area contributed by atoms with Gasteiger partial charge in [0.05, 0.1) is 20.1 Å². The molecule has 0 amide bonds. The Morgan fingerprint density at radius 3 is 2.07 bits per heavy atom. The number of aliphatic hydroxyl groups is 1. The molecule has 7 nitrogen and oxygen atoms in total. The van der Waals surface area contributed by atoms with E-state index >= 15 is 0 Å². The highest BCUT2D eigenvalue weighted by Gasteiger charge is 2.21. The fraction of sp³-hybridized carbons (Fsp3) is 0.132. The van der Waals surface area contributed by atoms with Gasteiger partial charge in [-0.2, -0.15) is 0 Å². The van der Waals surface area contributed by atoms with Crippen LogP contribution < -0.4 is 14.2 Å². The molecule has 7 heteroatoms. The zero-order chi connectivity index (χ0) is 32.3. The molecule has 0 aliphatic heterocycles. The fourth-order valence-corrected chi connectivity index (χ4v) is 4.45. The number of esters is 1. The largest absolute Gasteiger partial charge is 0.508 e. The van der Waals surface area contributed by atoms with Crippen molar-refractivity contribution >= 4 is 29.7 Å². The molecule has 0 bridgehead atoms. The molecule has 0 aliphatic rings. The number of hydrogen-bond donors (Lipinski definition) is 1. The van der Waals surface area contributed by atoms with Crippen LogP contribution in [0.5, 0.6) is 17.2 Å². The smallest absolute Gasteiger partial charge is 0.318 e. The topological polar surface area (TPSA) is 99.1 Å². The van der Waals surface area contributed by atoms with Crippen molar-refractivity contribution in [3.05, 3.63) is 148 Å². The third kappa shape index (κ3) is 8.67. The van der Waals surface area contributed by atoms with E-state index in [1.807, 2.05) is 31.2 Å². The molecule has 0 saturated heterocycles. The molecule has 0 spiro atoms.